The number of carbonyl (C=O) groups is 3. The third-order valence-corrected chi connectivity index (χ3v) is 7.99. The fraction of sp³-hybridized carbons (Fsp3) is 0.458. The summed E-state index contributed by atoms with van der Waals surface area (Å²) in [4.78, 5) is 37.0. The van der Waals surface area contributed by atoms with E-state index in [1.54, 1.807) is 6.08 Å². The fourth-order valence-electron chi connectivity index (χ4n) is 5.83. The number of nitrogens with one attached hydrogen (secondary N) is 1. The van der Waals surface area contributed by atoms with Crippen molar-refractivity contribution in [3.05, 3.63) is 40.5 Å². The van der Waals surface area contributed by atoms with Gasteiger partial charge in [0.15, 0.2) is 17.3 Å². The summed E-state index contributed by atoms with van der Waals surface area (Å²) >= 11 is 5.85. The summed E-state index contributed by atoms with van der Waals surface area (Å²) in [5.74, 6) is -2.83. The Balaban J connectivity index is 1.55. The molecule has 32 heavy (non-hydrogen) atoms. The van der Waals surface area contributed by atoms with Gasteiger partial charge in [-0.15, -0.1) is 0 Å². The molecule has 4 atom stereocenters. The van der Waals surface area contributed by atoms with Gasteiger partial charge in [-0.3, -0.25) is 9.59 Å². The number of benzene rings is 1. The Labute approximate surface area is 190 Å². The van der Waals surface area contributed by atoms with E-state index in [4.69, 9.17) is 11.6 Å². The van der Waals surface area contributed by atoms with Crippen LogP contribution in [0.5, 0.6) is 11.5 Å². The number of hydrogen-bond donors (Lipinski definition) is 4. The number of carboxylic acid groups (broad SMARTS) is 1. The van der Waals surface area contributed by atoms with Crippen molar-refractivity contribution in [1.29, 1.82) is 0 Å². The first-order chi connectivity index (χ1) is 15.0. The maximum Gasteiger partial charge on any atom is 0.339 e. The summed E-state index contributed by atoms with van der Waals surface area (Å²) in [6, 6.07) is 0.908. The molecule has 1 fully saturated rings. The second kappa shape index (κ2) is 7.66. The number of carbonyl (C=O) groups excluding carboxylic acids is 2. The van der Waals surface area contributed by atoms with E-state index < -0.39 is 40.0 Å². The molecular weight excluding hydrogens is 434 g/mol. The second-order valence-corrected chi connectivity index (χ2v) is 9.88. The molecule has 0 aliphatic heterocycles. The van der Waals surface area contributed by atoms with Crippen LogP contribution in [0.4, 0.5) is 5.69 Å². The number of hydrogen-bond acceptors (Lipinski definition) is 5. The molecule has 0 unspecified atom stereocenters. The minimum atomic E-state index is -1.45. The molecule has 1 aromatic rings. The number of aromatic hydroxyl groups is 2. The summed E-state index contributed by atoms with van der Waals surface area (Å²) in [7, 11) is 0. The Morgan fingerprint density at radius 1 is 1.28 bits per heavy atom. The first-order valence-corrected chi connectivity index (χ1v) is 11.1. The predicted octanol–water partition coefficient (Wildman–Crippen LogP) is 4.68. The number of phenols is 2. The first-order valence-electron chi connectivity index (χ1n) is 10.7. The van der Waals surface area contributed by atoms with Crippen LogP contribution in [0, 0.1) is 22.7 Å². The Bertz CT molecular complexity index is 1090. The van der Waals surface area contributed by atoms with Gasteiger partial charge in [0, 0.05) is 17.3 Å². The molecular formula is C24H26ClNO6. The highest BCUT2D eigenvalue weighted by Crippen LogP contribution is 2.61. The van der Waals surface area contributed by atoms with Crippen molar-refractivity contribution >= 4 is 34.9 Å². The van der Waals surface area contributed by atoms with E-state index in [9.17, 15) is 29.7 Å². The van der Waals surface area contributed by atoms with Gasteiger partial charge in [0.2, 0.25) is 5.91 Å². The van der Waals surface area contributed by atoms with Crippen LogP contribution in [0.15, 0.2) is 29.9 Å². The molecule has 0 saturated heterocycles. The van der Waals surface area contributed by atoms with E-state index in [1.165, 1.54) is 5.57 Å². The third kappa shape index (κ3) is 3.39. The van der Waals surface area contributed by atoms with Gasteiger partial charge >= 0.3 is 5.97 Å². The van der Waals surface area contributed by atoms with Crippen LogP contribution < -0.4 is 5.32 Å². The number of rotatable bonds is 5. The van der Waals surface area contributed by atoms with Crippen LogP contribution in [0.2, 0.25) is 5.02 Å². The zero-order valence-electron chi connectivity index (χ0n) is 17.9. The number of amides is 1. The largest absolute Gasteiger partial charge is 0.505 e. The third-order valence-electron chi connectivity index (χ3n) is 7.70. The Morgan fingerprint density at radius 2 is 2.00 bits per heavy atom. The number of anilines is 1. The normalized spacial score (nSPS) is 30.6. The second-order valence-electron chi connectivity index (χ2n) is 9.47. The standard InChI is InChI=1S/C24H26ClNO6/c1-12-11-24-7-3-13(12)9-16(24)23(2,17(27)4-8-24)6-5-18(28)26-19-20(29)14(22(31)32)10-15(25)21(19)30/h4,8,10-11,13,16,29-30H,3,5-7,9H2,1-2H3,(H,26,28)(H,31,32)/t13-,16-,23-,24+/m0/s1. The zero-order chi connectivity index (χ0) is 23.4. The number of allylic oxidation sites excluding steroid dienone is 4. The topological polar surface area (TPSA) is 124 Å². The van der Waals surface area contributed by atoms with Crippen molar-refractivity contribution in [2.45, 2.75) is 46.0 Å². The number of ketones is 1. The zero-order valence-corrected chi connectivity index (χ0v) is 18.7. The summed E-state index contributed by atoms with van der Waals surface area (Å²) in [6.45, 7) is 4.06. The maximum absolute atomic E-state index is 13.0. The lowest BCUT2D eigenvalue weighted by atomic mass is 9.46. The minimum Gasteiger partial charge on any atom is -0.505 e. The molecule has 4 aliphatic rings. The van der Waals surface area contributed by atoms with Crippen LogP contribution in [-0.4, -0.2) is 33.0 Å². The SMILES string of the molecule is CC1=C[C@@]23C=CC(=O)[C@@](C)(CCC(=O)Nc4c(O)c(Cl)cc(C(=O)O)c4O)[C@@H]2C[C@@H]1CC3. The van der Waals surface area contributed by atoms with Crippen molar-refractivity contribution in [1.82, 2.24) is 0 Å². The molecule has 0 heterocycles. The molecule has 1 amide bonds. The molecule has 0 radical (unpaired) electrons. The van der Waals surface area contributed by atoms with Crippen molar-refractivity contribution in [3.63, 3.8) is 0 Å². The smallest absolute Gasteiger partial charge is 0.339 e. The highest BCUT2D eigenvalue weighted by molar-refractivity contribution is 6.33. The lowest BCUT2D eigenvalue weighted by Gasteiger charge is -2.56. The van der Waals surface area contributed by atoms with Crippen LogP contribution in [-0.2, 0) is 9.59 Å². The molecule has 7 nitrogen and oxygen atoms in total. The van der Waals surface area contributed by atoms with E-state index in [0.29, 0.717) is 12.3 Å². The fourth-order valence-corrected chi connectivity index (χ4v) is 6.03. The molecule has 1 saturated carbocycles. The lowest BCUT2D eigenvalue weighted by molar-refractivity contribution is -0.133. The lowest BCUT2D eigenvalue weighted by Crippen LogP contribution is -2.52. The van der Waals surface area contributed by atoms with Gasteiger partial charge in [0.25, 0.3) is 0 Å². The van der Waals surface area contributed by atoms with Crippen LogP contribution in [0.25, 0.3) is 0 Å². The quantitative estimate of drug-likeness (QED) is 0.374. The van der Waals surface area contributed by atoms with Crippen molar-refractivity contribution in [3.8, 4) is 11.5 Å². The summed E-state index contributed by atoms with van der Waals surface area (Å²) in [6.07, 6.45) is 9.25. The van der Waals surface area contributed by atoms with Gasteiger partial charge < -0.3 is 20.6 Å². The number of fused-ring (bicyclic) bond motifs is 1. The van der Waals surface area contributed by atoms with E-state index in [2.05, 4.69) is 18.3 Å². The summed E-state index contributed by atoms with van der Waals surface area (Å²) in [5, 5.41) is 31.6. The van der Waals surface area contributed by atoms with Gasteiger partial charge in [-0.2, -0.15) is 0 Å². The number of carboxylic acids is 1. The van der Waals surface area contributed by atoms with E-state index in [1.807, 2.05) is 13.0 Å². The molecule has 5 rings (SSSR count). The van der Waals surface area contributed by atoms with Gasteiger partial charge in [0.1, 0.15) is 11.3 Å². The highest BCUT2D eigenvalue weighted by Gasteiger charge is 2.56. The van der Waals surface area contributed by atoms with Crippen LogP contribution >= 0.6 is 11.6 Å². The monoisotopic (exact) mass is 459 g/mol. The van der Waals surface area contributed by atoms with Crippen molar-refractivity contribution in [2.75, 3.05) is 5.32 Å². The van der Waals surface area contributed by atoms with Crippen LogP contribution in [0.3, 0.4) is 0 Å². The first kappa shape index (κ1) is 22.4. The molecule has 4 aliphatic carbocycles. The summed E-state index contributed by atoms with van der Waals surface area (Å²) < 4.78 is 0. The molecule has 2 bridgehead atoms. The summed E-state index contributed by atoms with van der Waals surface area (Å²) in [5.41, 5.74) is -0.492. The van der Waals surface area contributed by atoms with E-state index in [-0.39, 0.29) is 28.6 Å². The average molecular weight is 460 g/mol. The Kier molecular flexibility index (Phi) is 5.36. The molecule has 4 N–H and O–H groups in total. The van der Waals surface area contributed by atoms with Gasteiger partial charge in [0.05, 0.1) is 5.02 Å². The molecule has 0 aromatic heterocycles. The maximum atomic E-state index is 13.0. The Morgan fingerprint density at radius 3 is 2.66 bits per heavy atom. The van der Waals surface area contributed by atoms with E-state index >= 15 is 0 Å². The number of phenolic OH excluding ortho intramolecular Hbond substituents is 1. The molecule has 8 heteroatoms. The molecule has 1 aromatic carbocycles. The van der Waals surface area contributed by atoms with Crippen LogP contribution in [0.1, 0.15) is 56.3 Å². The molecule has 170 valence electrons. The van der Waals surface area contributed by atoms with Crippen molar-refractivity contribution in [2.24, 2.45) is 22.7 Å². The van der Waals surface area contributed by atoms with Gasteiger partial charge in [-0.25, -0.2) is 4.79 Å². The van der Waals surface area contributed by atoms with Gasteiger partial charge in [-0.05, 0) is 56.6 Å². The predicted molar refractivity (Wildman–Crippen MR) is 119 cm³/mol. The highest BCUT2D eigenvalue weighted by atomic mass is 35.5. The number of halogens is 1. The molecule has 1 spiro atoms. The Hall–Kier alpha value is -2.80. The average Bonchev–Trinajstić information content (AvgIpc) is 2.75. The minimum absolute atomic E-state index is 0.00106. The van der Waals surface area contributed by atoms with E-state index in [0.717, 1.165) is 25.3 Å². The van der Waals surface area contributed by atoms with Crippen molar-refractivity contribution < 1.29 is 29.7 Å². The number of aromatic carboxylic acids is 1. The van der Waals surface area contributed by atoms with Gasteiger partial charge in [-0.1, -0.05) is 36.2 Å².